The van der Waals surface area contributed by atoms with Gasteiger partial charge in [0, 0.05) is 19.0 Å². The Hall–Kier alpha value is -2.66. The number of likely N-dealkylation sites (tertiary alicyclic amines) is 1. The minimum atomic E-state index is -0.328. The lowest BCUT2D eigenvalue weighted by atomic mass is 9.92. The van der Waals surface area contributed by atoms with E-state index in [0.717, 1.165) is 69.9 Å². The summed E-state index contributed by atoms with van der Waals surface area (Å²) in [4.78, 5) is 26.2. The SMILES string of the molecule is COC(=O)c1cccc(CCCN2C(=O)CC[C@@H]2CC[C@@H](O)[C@@H](C)CCCCc2ccccc2)c1. The van der Waals surface area contributed by atoms with E-state index >= 15 is 0 Å². The molecule has 1 amide bonds. The third kappa shape index (κ3) is 8.50. The molecule has 0 bridgehead atoms. The number of hydrogen-bond donors (Lipinski definition) is 1. The molecule has 3 atom stereocenters. The molecule has 5 nitrogen and oxygen atoms in total. The van der Waals surface area contributed by atoms with Gasteiger partial charge in [-0.15, -0.1) is 0 Å². The van der Waals surface area contributed by atoms with Gasteiger partial charge in [-0.05, 0) is 80.5 Å². The molecule has 0 spiro atoms. The van der Waals surface area contributed by atoms with Crippen molar-refractivity contribution in [2.24, 2.45) is 5.92 Å². The second kappa shape index (κ2) is 14.0. The predicted octanol–water partition coefficient (Wildman–Crippen LogP) is 5.59. The second-order valence-electron chi connectivity index (χ2n) is 9.93. The minimum Gasteiger partial charge on any atom is -0.465 e. The standard InChI is InChI=1S/C30H41NO4/c1-23(10-6-7-13-24-11-4-3-5-12-24)28(32)19-17-27-18-20-29(33)31(27)21-9-15-25-14-8-16-26(22-25)30(34)35-2/h3-5,8,11-12,14,16,22-23,27-28,32H,6-7,9-10,13,15,17-21H2,1-2H3/t23-,27-,28+/m0/s1. The van der Waals surface area contributed by atoms with Crippen LogP contribution < -0.4 is 0 Å². The number of nitrogens with zero attached hydrogens (tertiary/aromatic N) is 1. The van der Waals surface area contributed by atoms with Crippen LogP contribution in [-0.4, -0.2) is 47.7 Å². The summed E-state index contributed by atoms with van der Waals surface area (Å²) in [5, 5.41) is 10.7. The van der Waals surface area contributed by atoms with Gasteiger partial charge in [-0.1, -0.05) is 55.8 Å². The lowest BCUT2D eigenvalue weighted by Gasteiger charge is -2.27. The zero-order chi connectivity index (χ0) is 25.0. The molecule has 1 aliphatic rings. The Morgan fingerprint density at radius 3 is 2.54 bits per heavy atom. The van der Waals surface area contributed by atoms with Crippen LogP contribution >= 0.6 is 0 Å². The summed E-state index contributed by atoms with van der Waals surface area (Å²) in [6, 6.07) is 18.3. The van der Waals surface area contributed by atoms with Crippen LogP contribution in [0.25, 0.3) is 0 Å². The molecule has 0 saturated carbocycles. The maximum absolute atomic E-state index is 12.5. The van der Waals surface area contributed by atoms with Gasteiger partial charge < -0.3 is 14.7 Å². The first-order valence-electron chi connectivity index (χ1n) is 13.2. The second-order valence-corrected chi connectivity index (χ2v) is 9.93. The Bertz CT molecular complexity index is 929. The first-order valence-corrected chi connectivity index (χ1v) is 13.2. The summed E-state index contributed by atoms with van der Waals surface area (Å²) in [6.07, 6.45) is 8.84. The maximum Gasteiger partial charge on any atom is 0.337 e. The number of rotatable bonds is 14. The molecular formula is C30H41NO4. The molecule has 0 aliphatic carbocycles. The molecule has 35 heavy (non-hydrogen) atoms. The number of carbonyl (C=O) groups is 2. The summed E-state index contributed by atoms with van der Waals surface area (Å²) in [5.74, 6) is 0.172. The number of aryl methyl sites for hydroxylation is 2. The van der Waals surface area contributed by atoms with Crippen LogP contribution in [0, 0.1) is 5.92 Å². The number of carbonyl (C=O) groups excluding carboxylic acids is 2. The molecule has 0 unspecified atom stereocenters. The van der Waals surface area contributed by atoms with E-state index in [4.69, 9.17) is 4.74 Å². The van der Waals surface area contributed by atoms with Crippen LogP contribution in [0.5, 0.6) is 0 Å². The summed E-state index contributed by atoms with van der Waals surface area (Å²) < 4.78 is 4.80. The van der Waals surface area contributed by atoms with Crippen molar-refractivity contribution >= 4 is 11.9 Å². The number of ether oxygens (including phenoxy) is 1. The molecule has 5 heteroatoms. The number of aliphatic hydroxyl groups is 1. The third-order valence-electron chi connectivity index (χ3n) is 7.34. The van der Waals surface area contributed by atoms with Crippen molar-refractivity contribution in [2.45, 2.75) is 83.3 Å². The highest BCUT2D eigenvalue weighted by molar-refractivity contribution is 5.89. The Labute approximate surface area is 210 Å². The number of esters is 1. The molecule has 1 saturated heterocycles. The van der Waals surface area contributed by atoms with Crippen molar-refractivity contribution in [3.05, 3.63) is 71.3 Å². The van der Waals surface area contributed by atoms with E-state index in [2.05, 4.69) is 31.2 Å². The van der Waals surface area contributed by atoms with Crippen LogP contribution in [0.3, 0.4) is 0 Å². The van der Waals surface area contributed by atoms with E-state index in [0.29, 0.717) is 12.0 Å². The lowest BCUT2D eigenvalue weighted by molar-refractivity contribution is -0.129. The highest BCUT2D eigenvalue weighted by atomic mass is 16.5. The predicted molar refractivity (Wildman–Crippen MR) is 139 cm³/mol. The maximum atomic E-state index is 12.5. The van der Waals surface area contributed by atoms with E-state index in [1.165, 1.54) is 12.7 Å². The van der Waals surface area contributed by atoms with Gasteiger partial charge in [0.2, 0.25) is 5.91 Å². The van der Waals surface area contributed by atoms with E-state index in [-0.39, 0.29) is 29.9 Å². The molecule has 0 radical (unpaired) electrons. The van der Waals surface area contributed by atoms with Crippen molar-refractivity contribution in [1.82, 2.24) is 4.90 Å². The Morgan fingerprint density at radius 2 is 1.77 bits per heavy atom. The number of aliphatic hydroxyl groups excluding tert-OH is 1. The highest BCUT2D eigenvalue weighted by Gasteiger charge is 2.31. The fourth-order valence-corrected chi connectivity index (χ4v) is 5.11. The van der Waals surface area contributed by atoms with Gasteiger partial charge in [-0.2, -0.15) is 0 Å². The van der Waals surface area contributed by atoms with Gasteiger partial charge in [0.25, 0.3) is 0 Å². The van der Waals surface area contributed by atoms with E-state index in [1.807, 2.05) is 29.2 Å². The third-order valence-corrected chi connectivity index (χ3v) is 7.34. The normalized spacial score (nSPS) is 17.4. The van der Waals surface area contributed by atoms with Gasteiger partial charge in [0.1, 0.15) is 0 Å². The topological polar surface area (TPSA) is 66.8 Å². The van der Waals surface area contributed by atoms with Crippen LogP contribution in [0.4, 0.5) is 0 Å². The zero-order valence-electron chi connectivity index (χ0n) is 21.3. The van der Waals surface area contributed by atoms with Crippen molar-refractivity contribution in [2.75, 3.05) is 13.7 Å². The van der Waals surface area contributed by atoms with E-state index < -0.39 is 0 Å². The monoisotopic (exact) mass is 479 g/mol. The molecular weight excluding hydrogens is 438 g/mol. The van der Waals surface area contributed by atoms with Gasteiger partial charge in [-0.3, -0.25) is 4.79 Å². The van der Waals surface area contributed by atoms with Gasteiger partial charge in [0.15, 0.2) is 0 Å². The Kier molecular flexibility index (Phi) is 10.8. The Balaban J connectivity index is 1.37. The summed E-state index contributed by atoms with van der Waals surface area (Å²) in [6.45, 7) is 2.87. The van der Waals surface area contributed by atoms with Crippen LogP contribution in [-0.2, 0) is 22.4 Å². The Morgan fingerprint density at radius 1 is 1.03 bits per heavy atom. The smallest absolute Gasteiger partial charge is 0.337 e. The summed E-state index contributed by atoms with van der Waals surface area (Å²) in [5.41, 5.74) is 3.01. The largest absolute Gasteiger partial charge is 0.465 e. The molecule has 1 aliphatic heterocycles. The van der Waals surface area contributed by atoms with Crippen molar-refractivity contribution in [3.8, 4) is 0 Å². The van der Waals surface area contributed by atoms with Gasteiger partial charge in [0.05, 0.1) is 18.8 Å². The molecule has 1 heterocycles. The quantitative estimate of drug-likeness (QED) is 0.283. The lowest BCUT2D eigenvalue weighted by Crippen LogP contribution is -2.35. The van der Waals surface area contributed by atoms with Crippen molar-refractivity contribution in [3.63, 3.8) is 0 Å². The van der Waals surface area contributed by atoms with Crippen LogP contribution in [0.15, 0.2) is 54.6 Å². The first kappa shape index (κ1) is 26.9. The number of hydrogen-bond acceptors (Lipinski definition) is 4. The highest BCUT2D eigenvalue weighted by Crippen LogP contribution is 2.26. The fourth-order valence-electron chi connectivity index (χ4n) is 5.11. The number of amides is 1. The number of unbranched alkanes of at least 4 members (excludes halogenated alkanes) is 1. The van der Waals surface area contributed by atoms with Crippen molar-refractivity contribution in [1.29, 1.82) is 0 Å². The molecule has 2 aromatic rings. The molecule has 0 aromatic heterocycles. The molecule has 1 fully saturated rings. The van der Waals surface area contributed by atoms with Crippen molar-refractivity contribution < 1.29 is 19.4 Å². The number of benzene rings is 2. The molecule has 190 valence electrons. The minimum absolute atomic E-state index is 0.224. The molecule has 2 aromatic carbocycles. The average Bonchev–Trinajstić information content (AvgIpc) is 3.24. The van der Waals surface area contributed by atoms with Gasteiger partial charge in [-0.25, -0.2) is 4.79 Å². The van der Waals surface area contributed by atoms with Gasteiger partial charge >= 0.3 is 5.97 Å². The summed E-state index contributed by atoms with van der Waals surface area (Å²) >= 11 is 0. The van der Waals surface area contributed by atoms with Crippen LogP contribution in [0.1, 0.15) is 79.8 Å². The zero-order valence-corrected chi connectivity index (χ0v) is 21.3. The number of methoxy groups -OCH3 is 1. The summed E-state index contributed by atoms with van der Waals surface area (Å²) in [7, 11) is 1.39. The molecule has 1 N–H and O–H groups in total. The van der Waals surface area contributed by atoms with Crippen LogP contribution in [0.2, 0.25) is 0 Å². The fraction of sp³-hybridized carbons (Fsp3) is 0.533. The van der Waals surface area contributed by atoms with E-state index in [9.17, 15) is 14.7 Å². The molecule has 3 rings (SSSR count). The van der Waals surface area contributed by atoms with E-state index in [1.54, 1.807) is 6.07 Å². The first-order chi connectivity index (χ1) is 17.0. The average molecular weight is 480 g/mol.